The molecule has 3 nitrogen and oxygen atoms in total. The largest absolute Gasteiger partial charge is 0.282 e. The maximum atomic E-state index is 10.9. The first-order chi connectivity index (χ1) is 7.68. The summed E-state index contributed by atoms with van der Waals surface area (Å²) < 4.78 is 0. The van der Waals surface area contributed by atoms with Crippen LogP contribution in [0.2, 0.25) is 0 Å². The van der Waals surface area contributed by atoms with Crippen LogP contribution < -0.4 is 0 Å². The lowest BCUT2D eigenvalue weighted by atomic mass is 10.1. The Balaban J connectivity index is 2.17. The van der Waals surface area contributed by atoms with Gasteiger partial charge in [0.1, 0.15) is 0 Å². The van der Waals surface area contributed by atoms with Crippen molar-refractivity contribution in [3.63, 3.8) is 0 Å². The molecule has 2 unspecified atom stereocenters. The van der Waals surface area contributed by atoms with E-state index < -0.39 is 0 Å². The Labute approximate surface area is 99.4 Å². The Hall–Kier alpha value is -1.03. The molecule has 86 valence electrons. The SMILES string of the molecule is CC1CCCC1Sc1ccccc1[N+](=O)[O-]. The van der Waals surface area contributed by atoms with Crippen molar-refractivity contribution in [1.82, 2.24) is 0 Å². The number of para-hydroxylation sites is 1. The van der Waals surface area contributed by atoms with Crippen LogP contribution in [0.25, 0.3) is 0 Å². The van der Waals surface area contributed by atoms with E-state index >= 15 is 0 Å². The van der Waals surface area contributed by atoms with Crippen molar-refractivity contribution in [2.24, 2.45) is 5.92 Å². The fraction of sp³-hybridized carbons (Fsp3) is 0.500. The summed E-state index contributed by atoms with van der Waals surface area (Å²) in [6.07, 6.45) is 3.68. The van der Waals surface area contributed by atoms with E-state index in [1.54, 1.807) is 23.9 Å². The van der Waals surface area contributed by atoms with Gasteiger partial charge in [0, 0.05) is 11.3 Å². The highest BCUT2D eigenvalue weighted by molar-refractivity contribution is 8.00. The van der Waals surface area contributed by atoms with Crippen LogP contribution in [0.4, 0.5) is 5.69 Å². The van der Waals surface area contributed by atoms with E-state index in [0.29, 0.717) is 11.2 Å². The van der Waals surface area contributed by atoms with Crippen LogP contribution in [0.1, 0.15) is 26.2 Å². The molecule has 0 aromatic heterocycles. The van der Waals surface area contributed by atoms with Crippen molar-refractivity contribution in [2.45, 2.75) is 36.3 Å². The van der Waals surface area contributed by atoms with E-state index in [4.69, 9.17) is 0 Å². The van der Waals surface area contributed by atoms with Crippen molar-refractivity contribution in [2.75, 3.05) is 0 Å². The number of hydrogen-bond acceptors (Lipinski definition) is 3. The van der Waals surface area contributed by atoms with Gasteiger partial charge in [0.2, 0.25) is 0 Å². The zero-order valence-corrected chi connectivity index (χ0v) is 10.1. The molecule has 2 rings (SSSR count). The van der Waals surface area contributed by atoms with E-state index in [1.807, 2.05) is 12.1 Å². The zero-order chi connectivity index (χ0) is 11.5. The fourth-order valence-corrected chi connectivity index (χ4v) is 3.56. The van der Waals surface area contributed by atoms with Crippen LogP contribution in [-0.2, 0) is 0 Å². The summed E-state index contributed by atoms with van der Waals surface area (Å²) in [5, 5.41) is 11.4. The summed E-state index contributed by atoms with van der Waals surface area (Å²) in [6.45, 7) is 2.24. The predicted molar refractivity (Wildman–Crippen MR) is 65.8 cm³/mol. The molecule has 1 saturated carbocycles. The molecule has 1 aliphatic rings. The molecule has 16 heavy (non-hydrogen) atoms. The summed E-state index contributed by atoms with van der Waals surface area (Å²) in [4.78, 5) is 11.4. The smallest absolute Gasteiger partial charge is 0.258 e. The minimum absolute atomic E-state index is 0.242. The second-order valence-corrected chi connectivity index (χ2v) is 5.57. The van der Waals surface area contributed by atoms with Crippen molar-refractivity contribution in [3.8, 4) is 0 Å². The molecule has 0 amide bonds. The lowest BCUT2D eigenvalue weighted by molar-refractivity contribution is -0.387. The Kier molecular flexibility index (Phi) is 3.49. The number of nitrogens with zero attached hydrogens (tertiary/aromatic N) is 1. The normalized spacial score (nSPS) is 24.6. The summed E-state index contributed by atoms with van der Waals surface area (Å²) in [5.74, 6) is 0.671. The molecule has 1 fully saturated rings. The molecule has 0 radical (unpaired) electrons. The lowest BCUT2D eigenvalue weighted by Crippen LogP contribution is -2.05. The monoisotopic (exact) mass is 237 g/mol. The topological polar surface area (TPSA) is 43.1 Å². The van der Waals surface area contributed by atoms with Gasteiger partial charge in [-0.05, 0) is 24.8 Å². The first-order valence-electron chi connectivity index (χ1n) is 5.58. The predicted octanol–water partition coefficient (Wildman–Crippen LogP) is 3.88. The Morgan fingerprint density at radius 2 is 2.12 bits per heavy atom. The van der Waals surface area contributed by atoms with Gasteiger partial charge in [-0.1, -0.05) is 25.5 Å². The molecule has 1 aromatic rings. The van der Waals surface area contributed by atoms with E-state index in [1.165, 1.54) is 19.3 Å². The summed E-state index contributed by atoms with van der Waals surface area (Å²) in [5.41, 5.74) is 0.242. The highest BCUT2D eigenvalue weighted by atomic mass is 32.2. The average Bonchev–Trinajstić information content (AvgIpc) is 2.65. The molecule has 2 atom stereocenters. The molecular formula is C12H15NO2S. The summed E-state index contributed by atoms with van der Waals surface area (Å²) in [6, 6.07) is 7.03. The van der Waals surface area contributed by atoms with Crippen molar-refractivity contribution >= 4 is 17.4 Å². The second kappa shape index (κ2) is 4.87. The summed E-state index contributed by atoms with van der Waals surface area (Å²) >= 11 is 1.67. The van der Waals surface area contributed by atoms with E-state index in [9.17, 15) is 10.1 Å². The number of rotatable bonds is 3. The highest BCUT2D eigenvalue weighted by Crippen LogP contribution is 2.41. The standard InChI is InChI=1S/C12H15NO2S/c1-9-5-4-8-11(9)16-12-7-3-2-6-10(12)13(14)15/h2-3,6-7,9,11H,4-5,8H2,1H3. The van der Waals surface area contributed by atoms with Gasteiger partial charge in [0.25, 0.3) is 5.69 Å². The first kappa shape index (κ1) is 11.5. The number of nitro benzene ring substituents is 1. The third-order valence-corrected chi connectivity index (χ3v) is 4.73. The van der Waals surface area contributed by atoms with Crippen LogP contribution in [0.3, 0.4) is 0 Å². The van der Waals surface area contributed by atoms with Crippen LogP contribution >= 0.6 is 11.8 Å². The highest BCUT2D eigenvalue weighted by Gasteiger charge is 2.26. The Bertz CT molecular complexity index is 394. The number of nitro groups is 1. The van der Waals surface area contributed by atoms with Gasteiger partial charge in [0.05, 0.1) is 9.82 Å². The summed E-state index contributed by atoms with van der Waals surface area (Å²) in [7, 11) is 0. The van der Waals surface area contributed by atoms with Gasteiger partial charge in [0.15, 0.2) is 0 Å². The molecule has 0 bridgehead atoms. The fourth-order valence-electron chi connectivity index (χ4n) is 2.16. The van der Waals surface area contributed by atoms with Crippen molar-refractivity contribution < 1.29 is 4.92 Å². The number of hydrogen-bond donors (Lipinski definition) is 0. The van der Waals surface area contributed by atoms with Crippen LogP contribution in [0, 0.1) is 16.0 Å². The molecule has 0 spiro atoms. The first-order valence-corrected chi connectivity index (χ1v) is 6.46. The second-order valence-electron chi connectivity index (χ2n) is 4.29. The minimum atomic E-state index is -0.290. The number of thioether (sulfide) groups is 1. The molecule has 1 aliphatic carbocycles. The zero-order valence-electron chi connectivity index (χ0n) is 9.26. The maximum Gasteiger partial charge on any atom is 0.282 e. The Morgan fingerprint density at radius 1 is 1.38 bits per heavy atom. The third-order valence-electron chi connectivity index (χ3n) is 3.12. The molecule has 0 aliphatic heterocycles. The molecule has 0 N–H and O–H groups in total. The molecule has 0 heterocycles. The quantitative estimate of drug-likeness (QED) is 0.592. The molecule has 4 heteroatoms. The minimum Gasteiger partial charge on any atom is -0.258 e. The third kappa shape index (κ3) is 2.38. The van der Waals surface area contributed by atoms with Gasteiger partial charge < -0.3 is 0 Å². The van der Waals surface area contributed by atoms with Gasteiger partial charge in [-0.3, -0.25) is 10.1 Å². The number of benzene rings is 1. The van der Waals surface area contributed by atoms with E-state index in [0.717, 1.165) is 4.90 Å². The molecule has 0 saturated heterocycles. The van der Waals surface area contributed by atoms with Gasteiger partial charge >= 0.3 is 0 Å². The van der Waals surface area contributed by atoms with Gasteiger partial charge in [-0.15, -0.1) is 11.8 Å². The van der Waals surface area contributed by atoms with Gasteiger partial charge in [-0.25, -0.2) is 0 Å². The van der Waals surface area contributed by atoms with Crippen LogP contribution in [0.5, 0.6) is 0 Å². The van der Waals surface area contributed by atoms with E-state index in [-0.39, 0.29) is 10.6 Å². The van der Waals surface area contributed by atoms with E-state index in [2.05, 4.69) is 6.92 Å². The molecule has 1 aromatic carbocycles. The van der Waals surface area contributed by atoms with Crippen LogP contribution in [-0.4, -0.2) is 10.2 Å². The molecular weight excluding hydrogens is 222 g/mol. The van der Waals surface area contributed by atoms with Crippen molar-refractivity contribution in [1.29, 1.82) is 0 Å². The maximum absolute atomic E-state index is 10.9. The van der Waals surface area contributed by atoms with Crippen molar-refractivity contribution in [3.05, 3.63) is 34.4 Å². The Morgan fingerprint density at radius 3 is 2.75 bits per heavy atom. The van der Waals surface area contributed by atoms with Crippen LogP contribution in [0.15, 0.2) is 29.2 Å². The average molecular weight is 237 g/mol. The lowest BCUT2D eigenvalue weighted by Gasteiger charge is -2.14. The van der Waals surface area contributed by atoms with Gasteiger partial charge in [-0.2, -0.15) is 0 Å².